The van der Waals surface area contributed by atoms with E-state index in [1.807, 2.05) is 32.9 Å². The molecule has 0 amide bonds. The zero-order chi connectivity index (χ0) is 18.7. The molecule has 4 saturated carbocycles. The van der Waals surface area contributed by atoms with E-state index in [-0.39, 0.29) is 11.5 Å². The summed E-state index contributed by atoms with van der Waals surface area (Å²) in [5.41, 5.74) is 3.03. The molecule has 0 heterocycles. The van der Waals surface area contributed by atoms with E-state index in [4.69, 9.17) is 0 Å². The van der Waals surface area contributed by atoms with Gasteiger partial charge in [0.05, 0.1) is 4.90 Å². The third-order valence-electron chi connectivity index (χ3n) is 7.40. The highest BCUT2D eigenvalue weighted by atomic mass is 32.2. The van der Waals surface area contributed by atoms with E-state index < -0.39 is 10.0 Å². The van der Waals surface area contributed by atoms with Crippen molar-refractivity contribution in [3.8, 4) is 0 Å². The maximum Gasteiger partial charge on any atom is 0.241 e. The Hall–Kier alpha value is -0.870. The van der Waals surface area contributed by atoms with Crippen molar-refractivity contribution < 1.29 is 8.42 Å². The Labute approximate surface area is 159 Å². The van der Waals surface area contributed by atoms with Crippen molar-refractivity contribution in [2.75, 3.05) is 0 Å². The summed E-state index contributed by atoms with van der Waals surface area (Å²) in [5.74, 6) is 2.51. The standard InChI is InChI=1S/C22H33NO2S/c1-5-20(22-11-17-8-18(12-22)10-19(9-17)13-22)23-26(24,25)21-15(3)6-14(2)7-16(21)4/h6-7,17-20,23H,5,8-13H2,1-4H3. The minimum Gasteiger partial charge on any atom is -0.208 e. The van der Waals surface area contributed by atoms with Crippen molar-refractivity contribution in [1.29, 1.82) is 0 Å². The minimum absolute atomic E-state index is 0.0704. The molecular weight excluding hydrogens is 342 g/mol. The summed E-state index contributed by atoms with van der Waals surface area (Å²) in [6, 6.07) is 4.03. The van der Waals surface area contributed by atoms with Gasteiger partial charge in [0.25, 0.3) is 0 Å². The van der Waals surface area contributed by atoms with Gasteiger partial charge < -0.3 is 0 Å². The van der Waals surface area contributed by atoms with Gasteiger partial charge in [-0.1, -0.05) is 24.6 Å². The lowest BCUT2D eigenvalue weighted by Crippen LogP contribution is -2.56. The summed E-state index contributed by atoms with van der Waals surface area (Å²) >= 11 is 0. The van der Waals surface area contributed by atoms with E-state index in [0.717, 1.165) is 40.9 Å². The predicted molar refractivity (Wildman–Crippen MR) is 106 cm³/mol. The summed E-state index contributed by atoms with van der Waals surface area (Å²) in [4.78, 5) is 0.492. The molecule has 1 unspecified atom stereocenters. The van der Waals surface area contributed by atoms with Crippen LogP contribution in [0.5, 0.6) is 0 Å². The van der Waals surface area contributed by atoms with Crippen molar-refractivity contribution in [1.82, 2.24) is 4.72 Å². The van der Waals surface area contributed by atoms with E-state index in [1.54, 1.807) is 0 Å². The Balaban J connectivity index is 1.65. The van der Waals surface area contributed by atoms with Crippen LogP contribution in [0, 0.1) is 43.9 Å². The summed E-state index contributed by atoms with van der Waals surface area (Å²) in [5, 5.41) is 0. The Morgan fingerprint density at radius 1 is 1.00 bits per heavy atom. The maximum atomic E-state index is 13.3. The lowest BCUT2D eigenvalue weighted by molar-refractivity contribution is -0.0704. The van der Waals surface area contributed by atoms with Crippen LogP contribution in [0.25, 0.3) is 0 Å². The van der Waals surface area contributed by atoms with Gasteiger partial charge in [0.2, 0.25) is 10.0 Å². The molecule has 0 radical (unpaired) electrons. The molecule has 5 rings (SSSR count). The first kappa shape index (κ1) is 18.5. The predicted octanol–water partition coefficient (Wildman–Crippen LogP) is 4.89. The molecule has 0 spiro atoms. The lowest BCUT2D eigenvalue weighted by Gasteiger charge is -2.59. The molecule has 0 aromatic heterocycles. The molecule has 4 aliphatic carbocycles. The van der Waals surface area contributed by atoms with E-state index in [9.17, 15) is 8.42 Å². The third kappa shape index (κ3) is 3.03. The van der Waals surface area contributed by atoms with Gasteiger partial charge in [-0.25, -0.2) is 13.1 Å². The highest BCUT2D eigenvalue weighted by Crippen LogP contribution is 2.61. The highest BCUT2D eigenvalue weighted by Gasteiger charge is 2.54. The highest BCUT2D eigenvalue weighted by molar-refractivity contribution is 7.89. The molecule has 4 fully saturated rings. The molecule has 144 valence electrons. The molecule has 4 heteroatoms. The number of sulfonamides is 1. The van der Waals surface area contributed by atoms with Crippen molar-refractivity contribution in [3.05, 3.63) is 28.8 Å². The topological polar surface area (TPSA) is 46.2 Å². The quantitative estimate of drug-likeness (QED) is 0.797. The third-order valence-corrected chi connectivity index (χ3v) is 9.18. The molecule has 4 aliphatic rings. The number of benzene rings is 1. The van der Waals surface area contributed by atoms with Gasteiger partial charge in [0.15, 0.2) is 0 Å². The fraction of sp³-hybridized carbons (Fsp3) is 0.727. The SMILES string of the molecule is CCC(NS(=O)(=O)c1c(C)cc(C)cc1C)C12CC3CC(CC(C3)C1)C2. The van der Waals surface area contributed by atoms with Crippen LogP contribution in [0.2, 0.25) is 0 Å². The van der Waals surface area contributed by atoms with Crippen molar-refractivity contribution in [3.63, 3.8) is 0 Å². The van der Waals surface area contributed by atoms with Crippen LogP contribution >= 0.6 is 0 Å². The van der Waals surface area contributed by atoms with Crippen LogP contribution in [-0.4, -0.2) is 14.5 Å². The molecule has 1 atom stereocenters. The Bertz CT molecular complexity index is 753. The molecule has 1 aromatic rings. The van der Waals surface area contributed by atoms with Crippen LogP contribution in [0.1, 0.15) is 68.6 Å². The summed E-state index contributed by atoms with van der Waals surface area (Å²) in [7, 11) is -3.49. The van der Waals surface area contributed by atoms with Crippen LogP contribution in [-0.2, 0) is 10.0 Å². The fourth-order valence-electron chi connectivity index (χ4n) is 7.08. The average Bonchev–Trinajstić information content (AvgIpc) is 2.49. The van der Waals surface area contributed by atoms with Crippen LogP contribution in [0.4, 0.5) is 0 Å². The van der Waals surface area contributed by atoms with Gasteiger partial charge >= 0.3 is 0 Å². The summed E-state index contributed by atoms with van der Waals surface area (Å²) in [6.45, 7) is 8.01. The number of nitrogens with one attached hydrogen (secondary N) is 1. The Morgan fingerprint density at radius 3 is 1.88 bits per heavy atom. The first-order valence-electron chi connectivity index (χ1n) is 10.3. The molecule has 26 heavy (non-hydrogen) atoms. The molecule has 0 saturated heterocycles. The van der Waals surface area contributed by atoms with Crippen molar-refractivity contribution >= 4 is 10.0 Å². The van der Waals surface area contributed by atoms with Gasteiger partial charge in [-0.15, -0.1) is 0 Å². The maximum absolute atomic E-state index is 13.3. The Morgan fingerprint density at radius 2 is 1.46 bits per heavy atom. The molecule has 1 aromatic carbocycles. The largest absolute Gasteiger partial charge is 0.241 e. The van der Waals surface area contributed by atoms with Gasteiger partial charge in [0, 0.05) is 6.04 Å². The fourth-order valence-corrected chi connectivity index (χ4v) is 8.96. The van der Waals surface area contributed by atoms with Crippen molar-refractivity contribution in [2.45, 2.75) is 83.6 Å². The molecule has 3 nitrogen and oxygen atoms in total. The number of rotatable bonds is 5. The molecular formula is C22H33NO2S. The zero-order valence-corrected chi connectivity index (χ0v) is 17.5. The number of aryl methyl sites for hydroxylation is 3. The average molecular weight is 376 g/mol. The van der Waals surface area contributed by atoms with Gasteiger partial charge in [0.1, 0.15) is 0 Å². The van der Waals surface area contributed by atoms with Crippen molar-refractivity contribution in [2.24, 2.45) is 23.2 Å². The first-order valence-corrected chi connectivity index (χ1v) is 11.8. The van der Waals surface area contributed by atoms with Crippen LogP contribution in [0.3, 0.4) is 0 Å². The van der Waals surface area contributed by atoms with E-state index in [0.29, 0.717) is 4.90 Å². The normalized spacial score (nSPS) is 34.2. The molecule has 0 aliphatic heterocycles. The lowest BCUT2D eigenvalue weighted by atomic mass is 9.47. The molecule has 1 N–H and O–H groups in total. The second kappa shape index (κ2) is 6.34. The minimum atomic E-state index is -3.49. The van der Waals surface area contributed by atoms with Gasteiger partial charge in [-0.05, 0) is 100 Å². The number of hydrogen-bond donors (Lipinski definition) is 1. The molecule has 4 bridgehead atoms. The Kier molecular flexibility index (Phi) is 4.51. The number of hydrogen-bond acceptors (Lipinski definition) is 2. The first-order chi connectivity index (χ1) is 12.2. The summed E-state index contributed by atoms with van der Waals surface area (Å²) < 4.78 is 29.9. The monoisotopic (exact) mass is 375 g/mol. The van der Waals surface area contributed by atoms with E-state index >= 15 is 0 Å². The van der Waals surface area contributed by atoms with E-state index in [1.165, 1.54) is 38.5 Å². The van der Waals surface area contributed by atoms with Crippen LogP contribution in [0.15, 0.2) is 17.0 Å². The van der Waals surface area contributed by atoms with E-state index in [2.05, 4.69) is 11.6 Å². The zero-order valence-electron chi connectivity index (χ0n) is 16.6. The second-order valence-electron chi connectivity index (χ2n) is 9.59. The smallest absolute Gasteiger partial charge is 0.208 e. The van der Waals surface area contributed by atoms with Gasteiger partial charge in [-0.2, -0.15) is 0 Å². The van der Waals surface area contributed by atoms with Crippen LogP contribution < -0.4 is 4.72 Å². The van der Waals surface area contributed by atoms with Gasteiger partial charge in [-0.3, -0.25) is 0 Å². The second-order valence-corrected chi connectivity index (χ2v) is 11.2. The summed E-state index contributed by atoms with van der Waals surface area (Å²) in [6.07, 6.45) is 8.73.